The zero-order valence-corrected chi connectivity index (χ0v) is 15.2. The Hall–Kier alpha value is -2.80. The number of anilines is 1. The first-order valence-corrected chi connectivity index (χ1v) is 9.26. The number of alkyl halides is 3. The number of nitrogens with one attached hydrogen (secondary N) is 1. The number of aromatic nitrogens is 1. The Morgan fingerprint density at radius 1 is 0.964 bits per heavy atom. The third-order valence-corrected chi connectivity index (χ3v) is 5.06. The zero-order chi connectivity index (χ0) is 19.6. The lowest BCUT2D eigenvalue weighted by Gasteiger charge is -2.33. The molecule has 146 valence electrons. The van der Waals surface area contributed by atoms with Gasteiger partial charge in [0.1, 0.15) is 12.2 Å². The van der Waals surface area contributed by atoms with Crippen molar-refractivity contribution < 1.29 is 22.6 Å². The van der Waals surface area contributed by atoms with Crippen molar-refractivity contribution in [3.05, 3.63) is 71.9 Å². The molecular formula is C21H21F3N3O+. The van der Waals surface area contributed by atoms with Gasteiger partial charge in [-0.1, -0.05) is 41.6 Å². The topological polar surface area (TPSA) is 33.7 Å². The Morgan fingerprint density at radius 2 is 1.71 bits per heavy atom. The number of piperazine rings is 1. The molecule has 2 heterocycles. The van der Waals surface area contributed by atoms with E-state index < -0.39 is 11.7 Å². The summed E-state index contributed by atoms with van der Waals surface area (Å²) in [5, 5.41) is 4.17. The van der Waals surface area contributed by atoms with E-state index >= 15 is 0 Å². The van der Waals surface area contributed by atoms with Crippen molar-refractivity contribution in [3.63, 3.8) is 0 Å². The Balaban J connectivity index is 1.36. The molecule has 4 nitrogen and oxygen atoms in total. The van der Waals surface area contributed by atoms with Crippen LogP contribution in [0.3, 0.4) is 0 Å². The van der Waals surface area contributed by atoms with Crippen molar-refractivity contribution in [2.45, 2.75) is 12.7 Å². The standard InChI is InChI=1S/C21H20F3N3O/c22-21(23,24)17-7-4-8-19(13-17)27-11-9-26(10-12-27)15-18-14-20(28-25-18)16-5-2-1-3-6-16/h1-8,13-14H,9-12,15H2/p+1. The van der Waals surface area contributed by atoms with Crippen LogP contribution < -0.4 is 9.80 Å². The molecule has 0 unspecified atom stereocenters. The summed E-state index contributed by atoms with van der Waals surface area (Å²) in [6, 6.07) is 17.3. The fourth-order valence-electron chi connectivity index (χ4n) is 3.53. The minimum Gasteiger partial charge on any atom is -0.360 e. The van der Waals surface area contributed by atoms with Gasteiger partial charge in [-0.3, -0.25) is 0 Å². The summed E-state index contributed by atoms with van der Waals surface area (Å²) < 4.78 is 44.2. The van der Waals surface area contributed by atoms with Crippen LogP contribution in [0.4, 0.5) is 18.9 Å². The van der Waals surface area contributed by atoms with Crippen molar-refractivity contribution >= 4 is 5.69 Å². The summed E-state index contributed by atoms with van der Waals surface area (Å²) in [6.07, 6.45) is -4.31. The fourth-order valence-corrected chi connectivity index (χ4v) is 3.53. The van der Waals surface area contributed by atoms with Gasteiger partial charge < -0.3 is 14.3 Å². The third kappa shape index (κ3) is 4.20. The average Bonchev–Trinajstić information content (AvgIpc) is 3.17. The number of halogens is 3. The number of quaternary nitrogens is 1. The average molecular weight is 388 g/mol. The highest BCUT2D eigenvalue weighted by Gasteiger charge is 2.31. The quantitative estimate of drug-likeness (QED) is 0.745. The van der Waals surface area contributed by atoms with E-state index in [1.54, 1.807) is 6.07 Å². The maximum Gasteiger partial charge on any atom is 0.416 e. The first-order chi connectivity index (χ1) is 13.5. The molecule has 4 rings (SSSR count). The van der Waals surface area contributed by atoms with Gasteiger partial charge in [-0.2, -0.15) is 13.2 Å². The lowest BCUT2D eigenvalue weighted by molar-refractivity contribution is -0.914. The van der Waals surface area contributed by atoms with Crippen molar-refractivity contribution in [3.8, 4) is 11.3 Å². The second-order valence-corrected chi connectivity index (χ2v) is 7.01. The van der Waals surface area contributed by atoms with Gasteiger partial charge in [-0.05, 0) is 18.2 Å². The van der Waals surface area contributed by atoms with E-state index in [4.69, 9.17) is 4.52 Å². The monoisotopic (exact) mass is 388 g/mol. The van der Waals surface area contributed by atoms with E-state index in [-0.39, 0.29) is 0 Å². The van der Waals surface area contributed by atoms with Gasteiger partial charge in [0.15, 0.2) is 5.76 Å². The van der Waals surface area contributed by atoms with Crippen LogP contribution in [0.15, 0.2) is 65.2 Å². The van der Waals surface area contributed by atoms with Crippen molar-refractivity contribution in [2.75, 3.05) is 31.1 Å². The van der Waals surface area contributed by atoms with E-state index in [1.165, 1.54) is 17.0 Å². The Bertz CT molecular complexity index is 916. The zero-order valence-electron chi connectivity index (χ0n) is 15.2. The number of benzene rings is 2. The molecule has 1 N–H and O–H groups in total. The maximum atomic E-state index is 12.9. The molecule has 0 aliphatic carbocycles. The van der Waals surface area contributed by atoms with Crippen LogP contribution in [0.5, 0.6) is 0 Å². The van der Waals surface area contributed by atoms with Gasteiger partial charge in [-0.15, -0.1) is 0 Å². The number of nitrogens with zero attached hydrogens (tertiary/aromatic N) is 2. The molecule has 1 aliphatic rings. The summed E-state index contributed by atoms with van der Waals surface area (Å²) in [6.45, 7) is 3.83. The SMILES string of the molecule is FC(F)(F)c1cccc(N2CC[NH+](Cc3cc(-c4ccccc4)on3)CC2)c1. The number of hydrogen-bond donors (Lipinski definition) is 1. The van der Waals surface area contributed by atoms with Gasteiger partial charge >= 0.3 is 6.18 Å². The van der Waals surface area contributed by atoms with Crippen molar-refractivity contribution in [1.82, 2.24) is 5.16 Å². The molecule has 1 fully saturated rings. The van der Waals surface area contributed by atoms with E-state index in [0.717, 1.165) is 42.7 Å². The summed E-state index contributed by atoms with van der Waals surface area (Å²) in [7, 11) is 0. The molecule has 1 aromatic heterocycles. The highest BCUT2D eigenvalue weighted by Crippen LogP contribution is 2.31. The van der Waals surface area contributed by atoms with Gasteiger partial charge in [0.25, 0.3) is 0 Å². The van der Waals surface area contributed by atoms with Crippen LogP contribution >= 0.6 is 0 Å². The van der Waals surface area contributed by atoms with Crippen molar-refractivity contribution in [1.29, 1.82) is 0 Å². The largest absolute Gasteiger partial charge is 0.416 e. The first kappa shape index (κ1) is 18.6. The van der Waals surface area contributed by atoms with Gasteiger partial charge in [-0.25, -0.2) is 0 Å². The molecule has 0 spiro atoms. The highest BCUT2D eigenvalue weighted by atomic mass is 19.4. The van der Waals surface area contributed by atoms with Crippen LogP contribution in [0.1, 0.15) is 11.3 Å². The summed E-state index contributed by atoms with van der Waals surface area (Å²) in [4.78, 5) is 3.35. The van der Waals surface area contributed by atoms with Crippen LogP contribution in [-0.2, 0) is 12.7 Å². The predicted octanol–water partition coefficient (Wildman–Crippen LogP) is 3.27. The summed E-state index contributed by atoms with van der Waals surface area (Å²) in [5.41, 5.74) is 1.91. The molecule has 1 saturated heterocycles. The van der Waals surface area contributed by atoms with Crippen LogP contribution in [0.25, 0.3) is 11.3 Å². The van der Waals surface area contributed by atoms with Crippen LogP contribution in [-0.4, -0.2) is 31.3 Å². The first-order valence-electron chi connectivity index (χ1n) is 9.26. The lowest BCUT2D eigenvalue weighted by atomic mass is 10.1. The molecule has 1 aliphatic heterocycles. The van der Waals surface area contributed by atoms with Crippen molar-refractivity contribution in [2.24, 2.45) is 0 Å². The number of hydrogen-bond acceptors (Lipinski definition) is 3. The van der Waals surface area contributed by atoms with E-state index in [0.29, 0.717) is 18.8 Å². The second-order valence-electron chi connectivity index (χ2n) is 7.01. The predicted molar refractivity (Wildman–Crippen MR) is 100.0 cm³/mol. The Kier molecular flexibility index (Phi) is 5.09. The van der Waals surface area contributed by atoms with Gasteiger partial charge in [0.05, 0.1) is 31.7 Å². The van der Waals surface area contributed by atoms with E-state index in [1.807, 2.05) is 41.3 Å². The number of rotatable bonds is 4. The highest BCUT2D eigenvalue weighted by molar-refractivity contribution is 5.56. The van der Waals surface area contributed by atoms with Gasteiger partial charge in [0.2, 0.25) is 0 Å². The summed E-state index contributed by atoms with van der Waals surface area (Å²) in [5.74, 6) is 0.748. The van der Waals surface area contributed by atoms with E-state index in [9.17, 15) is 13.2 Å². The van der Waals surface area contributed by atoms with Crippen LogP contribution in [0, 0.1) is 0 Å². The molecule has 0 bridgehead atoms. The molecule has 7 heteroatoms. The molecule has 0 amide bonds. The van der Waals surface area contributed by atoms with Crippen LogP contribution in [0.2, 0.25) is 0 Å². The third-order valence-electron chi connectivity index (χ3n) is 5.06. The Morgan fingerprint density at radius 3 is 2.43 bits per heavy atom. The molecule has 28 heavy (non-hydrogen) atoms. The normalized spacial score (nSPS) is 15.8. The molecule has 2 aromatic carbocycles. The molecule has 3 aromatic rings. The molecule has 0 atom stereocenters. The lowest BCUT2D eigenvalue weighted by Crippen LogP contribution is -3.13. The Labute approximate surface area is 161 Å². The molecular weight excluding hydrogens is 367 g/mol. The molecule has 0 saturated carbocycles. The minimum atomic E-state index is -4.31. The second kappa shape index (κ2) is 7.67. The summed E-state index contributed by atoms with van der Waals surface area (Å²) >= 11 is 0. The smallest absolute Gasteiger partial charge is 0.360 e. The molecule has 0 radical (unpaired) electrons. The maximum absolute atomic E-state index is 12.9. The minimum absolute atomic E-state index is 0.601. The van der Waals surface area contributed by atoms with E-state index in [2.05, 4.69) is 5.16 Å². The fraction of sp³-hybridized carbons (Fsp3) is 0.286. The van der Waals surface area contributed by atoms with Gasteiger partial charge in [0, 0.05) is 17.3 Å².